The average Bonchev–Trinajstić information content (AvgIpc) is 3.32. The molecular formula is C22H19ClF2N4O2S. The van der Waals surface area contributed by atoms with E-state index in [9.17, 15) is 13.6 Å². The summed E-state index contributed by atoms with van der Waals surface area (Å²) in [5, 5.41) is 4.74. The van der Waals surface area contributed by atoms with Crippen LogP contribution in [0.25, 0.3) is 21.5 Å². The van der Waals surface area contributed by atoms with Crippen molar-refractivity contribution in [2.24, 2.45) is 0 Å². The fourth-order valence-electron chi connectivity index (χ4n) is 3.24. The number of likely N-dealkylation sites (N-methyl/N-ethyl adjacent to an activating group) is 1. The van der Waals surface area contributed by atoms with Gasteiger partial charge in [-0.2, -0.15) is 0 Å². The Morgan fingerprint density at radius 3 is 2.66 bits per heavy atom. The third kappa shape index (κ3) is 4.23. The van der Waals surface area contributed by atoms with Crippen molar-refractivity contribution in [2.75, 3.05) is 32.1 Å². The minimum atomic E-state index is -0.777. The minimum Gasteiger partial charge on any atom is -0.360 e. The van der Waals surface area contributed by atoms with Gasteiger partial charge in [-0.1, -0.05) is 46.3 Å². The number of carbonyl (C=O) groups is 1. The average molecular weight is 477 g/mol. The zero-order valence-electron chi connectivity index (χ0n) is 17.5. The largest absolute Gasteiger partial charge is 0.360 e. The summed E-state index contributed by atoms with van der Waals surface area (Å²) in [5.41, 5.74) is 1.12. The van der Waals surface area contributed by atoms with Gasteiger partial charge in [0.05, 0.1) is 9.72 Å². The lowest BCUT2D eigenvalue weighted by atomic mass is 10.1. The van der Waals surface area contributed by atoms with Gasteiger partial charge in [-0.15, -0.1) is 0 Å². The lowest BCUT2D eigenvalue weighted by Gasteiger charge is -2.22. The highest BCUT2D eigenvalue weighted by molar-refractivity contribution is 7.22. The van der Waals surface area contributed by atoms with Gasteiger partial charge in [-0.3, -0.25) is 9.69 Å². The molecule has 4 aromatic rings. The molecule has 1 amide bonds. The number of rotatable bonds is 6. The number of fused-ring (bicyclic) bond motifs is 1. The van der Waals surface area contributed by atoms with Gasteiger partial charge in [-0.25, -0.2) is 13.8 Å². The van der Waals surface area contributed by atoms with Gasteiger partial charge in [0.15, 0.2) is 10.9 Å². The molecule has 32 heavy (non-hydrogen) atoms. The summed E-state index contributed by atoms with van der Waals surface area (Å²) in [4.78, 5) is 21.4. The number of anilines is 1. The van der Waals surface area contributed by atoms with Crippen molar-refractivity contribution in [3.8, 4) is 11.3 Å². The highest BCUT2D eigenvalue weighted by Crippen LogP contribution is 2.35. The van der Waals surface area contributed by atoms with Gasteiger partial charge in [0.1, 0.15) is 28.4 Å². The Bertz CT molecular complexity index is 1300. The molecule has 0 fully saturated rings. The van der Waals surface area contributed by atoms with Crippen molar-refractivity contribution in [3.05, 3.63) is 64.4 Å². The Hall–Kier alpha value is -2.88. The summed E-state index contributed by atoms with van der Waals surface area (Å²) < 4.78 is 33.6. The Labute approximate surface area is 192 Å². The highest BCUT2D eigenvalue weighted by atomic mass is 35.5. The molecule has 166 valence electrons. The van der Waals surface area contributed by atoms with Crippen LogP contribution < -0.4 is 4.90 Å². The van der Waals surface area contributed by atoms with Crippen LogP contribution in [0.2, 0.25) is 5.02 Å². The normalized spacial score (nSPS) is 11.5. The number of hydrogen-bond donors (Lipinski definition) is 0. The zero-order valence-corrected chi connectivity index (χ0v) is 19.1. The van der Waals surface area contributed by atoms with Crippen molar-refractivity contribution in [3.63, 3.8) is 0 Å². The Kier molecular flexibility index (Phi) is 6.23. The number of benzene rings is 2. The number of halogens is 3. The molecule has 2 aromatic heterocycles. The van der Waals surface area contributed by atoms with Crippen LogP contribution >= 0.6 is 22.9 Å². The van der Waals surface area contributed by atoms with E-state index in [1.807, 2.05) is 19.0 Å². The maximum absolute atomic E-state index is 14.3. The van der Waals surface area contributed by atoms with E-state index in [2.05, 4.69) is 10.1 Å². The van der Waals surface area contributed by atoms with Gasteiger partial charge in [0.2, 0.25) is 0 Å². The van der Waals surface area contributed by atoms with E-state index in [-0.39, 0.29) is 22.8 Å². The monoisotopic (exact) mass is 476 g/mol. The van der Waals surface area contributed by atoms with E-state index in [0.29, 0.717) is 33.3 Å². The van der Waals surface area contributed by atoms with Crippen molar-refractivity contribution in [1.82, 2.24) is 15.0 Å². The first-order chi connectivity index (χ1) is 15.3. The van der Waals surface area contributed by atoms with Crippen molar-refractivity contribution < 1.29 is 18.1 Å². The molecule has 0 atom stereocenters. The van der Waals surface area contributed by atoms with Crippen LogP contribution in [0.4, 0.5) is 13.9 Å². The van der Waals surface area contributed by atoms with E-state index < -0.39 is 17.5 Å². The van der Waals surface area contributed by atoms with Crippen LogP contribution in [-0.4, -0.2) is 48.1 Å². The molecule has 0 bridgehead atoms. The van der Waals surface area contributed by atoms with Crippen LogP contribution in [-0.2, 0) is 0 Å². The number of carbonyl (C=O) groups excluding carboxylic acids is 1. The van der Waals surface area contributed by atoms with Gasteiger partial charge < -0.3 is 9.42 Å². The van der Waals surface area contributed by atoms with Crippen LogP contribution in [0.15, 0.2) is 40.9 Å². The fraction of sp³-hybridized carbons (Fsp3) is 0.227. The van der Waals surface area contributed by atoms with E-state index >= 15 is 0 Å². The third-order valence-corrected chi connectivity index (χ3v) is 6.21. The first kappa shape index (κ1) is 22.3. The van der Waals surface area contributed by atoms with Crippen LogP contribution in [0, 0.1) is 18.6 Å². The van der Waals surface area contributed by atoms with Crippen molar-refractivity contribution in [2.45, 2.75) is 6.92 Å². The second-order valence-corrected chi connectivity index (χ2v) is 8.85. The standard InChI is InChI=1S/C22H19ClF2N4O2S/c1-12-18(19(27-31-12)14-6-4-5-7-15(14)23)21(30)29(9-8-28(2)3)22-26-20-16(25)10-13(24)11-17(20)32-22/h4-7,10-11H,8-9H2,1-3H3. The highest BCUT2D eigenvalue weighted by Gasteiger charge is 2.30. The van der Waals surface area contributed by atoms with E-state index in [0.717, 1.165) is 17.4 Å². The maximum atomic E-state index is 14.3. The molecule has 0 aliphatic rings. The van der Waals surface area contributed by atoms with Gasteiger partial charge in [0, 0.05) is 24.7 Å². The molecule has 0 aliphatic heterocycles. The number of amides is 1. The molecule has 0 saturated heterocycles. The van der Waals surface area contributed by atoms with Crippen molar-refractivity contribution >= 4 is 44.2 Å². The molecule has 0 N–H and O–H groups in total. The zero-order chi connectivity index (χ0) is 23.0. The molecule has 6 nitrogen and oxygen atoms in total. The second kappa shape index (κ2) is 8.93. The lowest BCUT2D eigenvalue weighted by molar-refractivity contribution is 0.0984. The summed E-state index contributed by atoms with van der Waals surface area (Å²) in [6.45, 7) is 2.42. The third-order valence-electron chi connectivity index (χ3n) is 4.85. The molecular weight excluding hydrogens is 458 g/mol. The number of hydrogen-bond acceptors (Lipinski definition) is 6. The summed E-state index contributed by atoms with van der Waals surface area (Å²) in [6.07, 6.45) is 0. The van der Waals surface area contributed by atoms with Gasteiger partial charge in [-0.05, 0) is 33.2 Å². The van der Waals surface area contributed by atoms with Gasteiger partial charge in [0.25, 0.3) is 5.91 Å². The molecule has 0 spiro atoms. The van der Waals surface area contributed by atoms with Crippen LogP contribution in [0.3, 0.4) is 0 Å². The topological polar surface area (TPSA) is 62.5 Å². The van der Waals surface area contributed by atoms with E-state index in [1.165, 1.54) is 11.0 Å². The first-order valence-corrected chi connectivity index (χ1v) is 10.9. The first-order valence-electron chi connectivity index (χ1n) is 9.69. The summed E-state index contributed by atoms with van der Waals surface area (Å²) in [7, 11) is 3.74. The summed E-state index contributed by atoms with van der Waals surface area (Å²) in [6, 6.07) is 8.98. The smallest absolute Gasteiger partial charge is 0.266 e. The Morgan fingerprint density at radius 1 is 1.19 bits per heavy atom. The molecule has 0 aliphatic carbocycles. The molecule has 0 radical (unpaired) electrons. The fourth-order valence-corrected chi connectivity index (χ4v) is 4.50. The van der Waals surface area contributed by atoms with Crippen LogP contribution in [0.1, 0.15) is 16.1 Å². The van der Waals surface area contributed by atoms with Crippen molar-refractivity contribution in [1.29, 1.82) is 0 Å². The summed E-state index contributed by atoms with van der Waals surface area (Å²) >= 11 is 7.37. The SMILES string of the molecule is Cc1onc(-c2ccccc2Cl)c1C(=O)N(CCN(C)C)c1nc2c(F)cc(F)cc2s1. The number of thiazole rings is 1. The Balaban J connectivity index is 1.82. The summed E-state index contributed by atoms with van der Waals surface area (Å²) in [5.74, 6) is -1.58. The molecule has 0 saturated carbocycles. The molecule has 10 heteroatoms. The molecule has 2 aromatic carbocycles. The number of aromatic nitrogens is 2. The quantitative estimate of drug-likeness (QED) is 0.373. The maximum Gasteiger partial charge on any atom is 0.266 e. The van der Waals surface area contributed by atoms with E-state index in [4.69, 9.17) is 16.1 Å². The molecule has 4 rings (SSSR count). The number of aryl methyl sites for hydroxylation is 1. The predicted octanol–water partition coefficient (Wildman–Crippen LogP) is 5.40. The van der Waals surface area contributed by atoms with Crippen LogP contribution in [0.5, 0.6) is 0 Å². The van der Waals surface area contributed by atoms with E-state index in [1.54, 1.807) is 31.2 Å². The Morgan fingerprint density at radius 2 is 1.94 bits per heavy atom. The lowest BCUT2D eigenvalue weighted by Crippen LogP contribution is -2.37. The number of nitrogens with zero attached hydrogens (tertiary/aromatic N) is 4. The molecule has 2 heterocycles. The predicted molar refractivity (Wildman–Crippen MR) is 121 cm³/mol. The second-order valence-electron chi connectivity index (χ2n) is 7.43. The minimum absolute atomic E-state index is 0.0161. The van der Waals surface area contributed by atoms with Gasteiger partial charge >= 0.3 is 0 Å². The molecule has 0 unspecified atom stereocenters.